The van der Waals surface area contributed by atoms with Gasteiger partial charge in [0, 0.05) is 6.54 Å². The molecule has 0 bridgehead atoms. The fourth-order valence-electron chi connectivity index (χ4n) is 2.61. The molecule has 20 heavy (non-hydrogen) atoms. The summed E-state index contributed by atoms with van der Waals surface area (Å²) in [5.41, 5.74) is 0.521. The Balaban J connectivity index is 1.64. The third-order valence-electron chi connectivity index (χ3n) is 3.71. The van der Waals surface area contributed by atoms with Crippen LogP contribution in [0.25, 0.3) is 11.0 Å². The number of hydrogen-bond acceptors (Lipinski definition) is 4. The molecule has 2 aromatic rings. The second-order valence-corrected chi connectivity index (χ2v) is 5.18. The van der Waals surface area contributed by atoms with Crippen molar-refractivity contribution in [1.82, 2.24) is 4.90 Å². The molecule has 1 aromatic carbocycles. The Morgan fingerprint density at radius 3 is 2.80 bits per heavy atom. The number of hydrogen-bond donors (Lipinski definition) is 0. The van der Waals surface area contributed by atoms with Crippen molar-refractivity contribution in [1.29, 1.82) is 0 Å². The van der Waals surface area contributed by atoms with Gasteiger partial charge in [0.25, 0.3) is 5.95 Å². The predicted octanol–water partition coefficient (Wildman–Crippen LogP) is 2.66. The zero-order chi connectivity index (χ0) is 13.8. The molecule has 1 saturated heterocycles. The number of fused-ring (bicyclic) bond motifs is 1. The Bertz CT molecular complexity index is 629. The van der Waals surface area contributed by atoms with Crippen LogP contribution < -0.4 is 10.2 Å². The average Bonchev–Trinajstić information content (AvgIpc) is 2.48. The summed E-state index contributed by atoms with van der Waals surface area (Å²) in [6, 6.07) is 8.66. The van der Waals surface area contributed by atoms with Crippen LogP contribution in [0.4, 0.5) is 0 Å². The quantitative estimate of drug-likeness (QED) is 0.859. The summed E-state index contributed by atoms with van der Waals surface area (Å²) in [7, 11) is 0. The Morgan fingerprint density at radius 2 is 1.95 bits per heavy atom. The minimum atomic E-state index is -0.0557. The highest BCUT2D eigenvalue weighted by atomic mass is 16.6. The molecule has 0 aliphatic carbocycles. The van der Waals surface area contributed by atoms with E-state index in [9.17, 15) is 4.79 Å². The van der Waals surface area contributed by atoms with Crippen LogP contribution in [0.5, 0.6) is 5.95 Å². The van der Waals surface area contributed by atoms with Crippen molar-refractivity contribution >= 4 is 11.0 Å². The van der Waals surface area contributed by atoms with E-state index in [1.54, 1.807) is 12.1 Å². The predicted molar refractivity (Wildman–Crippen MR) is 78.3 cm³/mol. The molecule has 0 radical (unpaired) electrons. The van der Waals surface area contributed by atoms with E-state index in [1.165, 1.54) is 25.3 Å². The van der Waals surface area contributed by atoms with Crippen LogP contribution in [-0.2, 0) is 0 Å². The molecule has 4 heteroatoms. The van der Waals surface area contributed by atoms with Gasteiger partial charge in [-0.1, -0.05) is 18.6 Å². The van der Waals surface area contributed by atoms with Crippen LogP contribution >= 0.6 is 0 Å². The van der Waals surface area contributed by atoms with Crippen LogP contribution in [0.1, 0.15) is 19.3 Å². The maximum atomic E-state index is 11.9. The lowest BCUT2D eigenvalue weighted by Crippen LogP contribution is -2.33. The van der Waals surface area contributed by atoms with Crippen molar-refractivity contribution in [3.8, 4) is 5.95 Å². The minimum Gasteiger partial charge on any atom is -0.464 e. The number of benzene rings is 1. The fourth-order valence-corrected chi connectivity index (χ4v) is 2.61. The van der Waals surface area contributed by atoms with Gasteiger partial charge >= 0.3 is 0 Å². The summed E-state index contributed by atoms with van der Waals surface area (Å²) in [5, 5.41) is 0.593. The molecule has 106 valence electrons. The SMILES string of the molecule is O=c1cc(OCCN2CCCCC2)oc2ccccc12. The average molecular weight is 273 g/mol. The lowest BCUT2D eigenvalue weighted by atomic mass is 10.1. The van der Waals surface area contributed by atoms with E-state index >= 15 is 0 Å². The summed E-state index contributed by atoms with van der Waals surface area (Å²) < 4.78 is 11.2. The van der Waals surface area contributed by atoms with Crippen molar-refractivity contribution < 1.29 is 9.15 Å². The van der Waals surface area contributed by atoms with Crippen LogP contribution in [0.3, 0.4) is 0 Å². The Kier molecular flexibility index (Phi) is 4.02. The smallest absolute Gasteiger partial charge is 0.288 e. The molecule has 2 heterocycles. The van der Waals surface area contributed by atoms with Crippen molar-refractivity contribution in [2.75, 3.05) is 26.2 Å². The van der Waals surface area contributed by atoms with Gasteiger partial charge in [-0.25, -0.2) is 0 Å². The van der Waals surface area contributed by atoms with Crippen molar-refractivity contribution in [2.45, 2.75) is 19.3 Å². The minimum absolute atomic E-state index is 0.0557. The molecule has 4 nitrogen and oxygen atoms in total. The van der Waals surface area contributed by atoms with E-state index in [2.05, 4.69) is 4.90 Å². The standard InChI is InChI=1S/C16H19NO3/c18-14-12-16(20-15-7-3-2-6-13(14)15)19-11-10-17-8-4-1-5-9-17/h2-3,6-7,12H,1,4-5,8-11H2. The first-order valence-electron chi connectivity index (χ1n) is 7.21. The zero-order valence-electron chi connectivity index (χ0n) is 11.5. The summed E-state index contributed by atoms with van der Waals surface area (Å²) in [4.78, 5) is 14.3. The van der Waals surface area contributed by atoms with Crippen molar-refractivity contribution in [3.63, 3.8) is 0 Å². The second kappa shape index (κ2) is 6.09. The van der Waals surface area contributed by atoms with Crippen LogP contribution in [0, 0.1) is 0 Å². The molecule has 0 atom stereocenters. The van der Waals surface area contributed by atoms with Gasteiger partial charge in [-0.05, 0) is 38.1 Å². The number of para-hydroxylation sites is 1. The Hall–Kier alpha value is -1.81. The van der Waals surface area contributed by atoms with Gasteiger partial charge in [-0.2, -0.15) is 0 Å². The lowest BCUT2D eigenvalue weighted by molar-refractivity contribution is 0.165. The van der Waals surface area contributed by atoms with Gasteiger partial charge < -0.3 is 9.15 Å². The van der Waals surface area contributed by atoms with Gasteiger partial charge in [0.05, 0.1) is 11.5 Å². The maximum Gasteiger partial charge on any atom is 0.288 e. The normalized spacial score (nSPS) is 16.4. The van der Waals surface area contributed by atoms with Crippen LogP contribution in [0.15, 0.2) is 39.5 Å². The van der Waals surface area contributed by atoms with Gasteiger partial charge in [-0.15, -0.1) is 0 Å². The molecule has 1 aliphatic heterocycles. The topological polar surface area (TPSA) is 42.7 Å². The first kappa shape index (κ1) is 13.2. The first-order valence-corrected chi connectivity index (χ1v) is 7.21. The molecule has 1 aliphatic rings. The largest absolute Gasteiger partial charge is 0.464 e. The molecule has 1 aromatic heterocycles. The molecule has 0 N–H and O–H groups in total. The Labute approximate surface area is 118 Å². The number of ether oxygens (including phenoxy) is 1. The molecule has 0 amide bonds. The van der Waals surface area contributed by atoms with Gasteiger partial charge in [-0.3, -0.25) is 9.69 Å². The van der Waals surface area contributed by atoms with Crippen LogP contribution in [-0.4, -0.2) is 31.1 Å². The van der Waals surface area contributed by atoms with E-state index in [4.69, 9.17) is 9.15 Å². The summed E-state index contributed by atoms with van der Waals surface area (Å²) in [6.45, 7) is 3.73. The molecule has 1 fully saturated rings. The second-order valence-electron chi connectivity index (χ2n) is 5.18. The monoisotopic (exact) mass is 273 g/mol. The zero-order valence-corrected chi connectivity index (χ0v) is 11.5. The van der Waals surface area contributed by atoms with E-state index in [1.807, 2.05) is 12.1 Å². The van der Waals surface area contributed by atoms with E-state index in [-0.39, 0.29) is 5.43 Å². The third-order valence-corrected chi connectivity index (χ3v) is 3.71. The van der Waals surface area contributed by atoms with E-state index in [0.29, 0.717) is 23.5 Å². The molecule has 0 spiro atoms. The summed E-state index contributed by atoms with van der Waals surface area (Å²) in [5.74, 6) is 0.311. The maximum absolute atomic E-state index is 11.9. The molecular formula is C16H19NO3. The lowest BCUT2D eigenvalue weighted by Gasteiger charge is -2.25. The summed E-state index contributed by atoms with van der Waals surface area (Å²) in [6.07, 6.45) is 3.87. The van der Waals surface area contributed by atoms with Crippen LogP contribution in [0.2, 0.25) is 0 Å². The number of nitrogens with zero attached hydrogens (tertiary/aromatic N) is 1. The molecular weight excluding hydrogens is 254 g/mol. The third kappa shape index (κ3) is 3.02. The number of likely N-dealkylation sites (tertiary alicyclic amines) is 1. The van der Waals surface area contributed by atoms with E-state index < -0.39 is 0 Å². The van der Waals surface area contributed by atoms with Gasteiger partial charge in [0.15, 0.2) is 5.43 Å². The number of rotatable bonds is 4. The number of piperidine rings is 1. The fraction of sp³-hybridized carbons (Fsp3) is 0.438. The molecule has 0 saturated carbocycles. The van der Waals surface area contributed by atoms with Crippen molar-refractivity contribution in [3.05, 3.63) is 40.6 Å². The van der Waals surface area contributed by atoms with Gasteiger partial charge in [0.2, 0.25) is 0 Å². The van der Waals surface area contributed by atoms with Gasteiger partial charge in [0.1, 0.15) is 12.2 Å². The molecule has 3 rings (SSSR count). The highest BCUT2D eigenvalue weighted by Gasteiger charge is 2.10. The highest BCUT2D eigenvalue weighted by molar-refractivity contribution is 5.76. The van der Waals surface area contributed by atoms with E-state index in [0.717, 1.165) is 19.6 Å². The van der Waals surface area contributed by atoms with Crippen molar-refractivity contribution in [2.24, 2.45) is 0 Å². The summed E-state index contributed by atoms with van der Waals surface area (Å²) >= 11 is 0. The molecule has 0 unspecified atom stereocenters. The first-order chi connectivity index (χ1) is 9.83. The highest BCUT2D eigenvalue weighted by Crippen LogP contribution is 2.17. The Morgan fingerprint density at radius 1 is 1.15 bits per heavy atom.